The number of rotatable bonds is 1. The van der Waals surface area contributed by atoms with Gasteiger partial charge in [-0.05, 0) is 18.3 Å². The SMILES string of the molecule is C[C@@]12CO[C@]3(C1)c1coc(=O)cc1O[C@H](CO)[C@H]3C2. The fourth-order valence-corrected chi connectivity index (χ4v) is 4.12. The number of hydrogen-bond donors (Lipinski definition) is 1. The van der Waals surface area contributed by atoms with Crippen molar-refractivity contribution in [1.29, 1.82) is 0 Å². The second-order valence-corrected chi connectivity index (χ2v) is 6.29. The molecule has 2 aliphatic heterocycles. The largest absolute Gasteiger partial charge is 0.487 e. The van der Waals surface area contributed by atoms with Gasteiger partial charge in [-0.3, -0.25) is 0 Å². The molecule has 0 unspecified atom stereocenters. The van der Waals surface area contributed by atoms with Crippen molar-refractivity contribution < 1.29 is 19.0 Å². The van der Waals surface area contributed by atoms with Crippen molar-refractivity contribution in [2.45, 2.75) is 31.5 Å². The Morgan fingerprint density at radius 1 is 1.53 bits per heavy atom. The Kier molecular flexibility index (Phi) is 2.06. The van der Waals surface area contributed by atoms with Crippen molar-refractivity contribution >= 4 is 0 Å². The van der Waals surface area contributed by atoms with Gasteiger partial charge in [0.1, 0.15) is 23.7 Å². The molecule has 1 saturated carbocycles. The van der Waals surface area contributed by atoms with E-state index in [4.69, 9.17) is 13.9 Å². The predicted octanol–water partition coefficient (Wildman–Crippen LogP) is 1.03. The Morgan fingerprint density at radius 3 is 3.11 bits per heavy atom. The molecular formula is C14H16O5. The smallest absolute Gasteiger partial charge is 0.339 e. The zero-order valence-electron chi connectivity index (χ0n) is 10.7. The number of hydrogen-bond acceptors (Lipinski definition) is 5. The van der Waals surface area contributed by atoms with Gasteiger partial charge in [-0.15, -0.1) is 0 Å². The lowest BCUT2D eigenvalue weighted by atomic mass is 9.79. The Hall–Kier alpha value is -1.33. The summed E-state index contributed by atoms with van der Waals surface area (Å²) in [5, 5.41) is 9.56. The van der Waals surface area contributed by atoms with Crippen molar-refractivity contribution in [3.05, 3.63) is 28.3 Å². The van der Waals surface area contributed by atoms with Crippen LogP contribution in [0, 0.1) is 11.3 Å². The Balaban J connectivity index is 1.92. The molecule has 1 aromatic heterocycles. The maximum atomic E-state index is 11.3. The summed E-state index contributed by atoms with van der Waals surface area (Å²) in [7, 11) is 0. The average molecular weight is 264 g/mol. The quantitative estimate of drug-likeness (QED) is 0.820. The fraction of sp³-hybridized carbons (Fsp3) is 0.643. The summed E-state index contributed by atoms with van der Waals surface area (Å²) >= 11 is 0. The molecule has 102 valence electrons. The zero-order chi connectivity index (χ0) is 13.3. The Bertz CT molecular complexity index is 594. The van der Waals surface area contributed by atoms with Gasteiger partial charge in [0.15, 0.2) is 0 Å². The minimum atomic E-state index is -0.451. The summed E-state index contributed by atoms with van der Waals surface area (Å²) in [6.07, 6.45) is 3.02. The fourth-order valence-electron chi connectivity index (χ4n) is 4.12. The van der Waals surface area contributed by atoms with E-state index in [1.165, 1.54) is 12.3 Å². The minimum Gasteiger partial charge on any atom is -0.487 e. The van der Waals surface area contributed by atoms with Crippen LogP contribution in [-0.2, 0) is 10.3 Å². The lowest BCUT2D eigenvalue weighted by Gasteiger charge is -2.44. The van der Waals surface area contributed by atoms with E-state index < -0.39 is 11.2 Å². The highest BCUT2D eigenvalue weighted by atomic mass is 16.5. The molecule has 4 atom stereocenters. The van der Waals surface area contributed by atoms with E-state index in [2.05, 4.69) is 6.92 Å². The van der Waals surface area contributed by atoms with Crippen LogP contribution < -0.4 is 10.4 Å². The van der Waals surface area contributed by atoms with Crippen LogP contribution in [0.2, 0.25) is 0 Å². The van der Waals surface area contributed by atoms with Crippen LogP contribution in [0.5, 0.6) is 5.75 Å². The second-order valence-electron chi connectivity index (χ2n) is 6.29. The summed E-state index contributed by atoms with van der Waals surface area (Å²) in [5.74, 6) is 0.620. The van der Waals surface area contributed by atoms with Crippen LogP contribution in [0.3, 0.4) is 0 Å². The van der Waals surface area contributed by atoms with Gasteiger partial charge in [0, 0.05) is 5.92 Å². The van der Waals surface area contributed by atoms with Crippen LogP contribution in [0.25, 0.3) is 0 Å². The summed E-state index contributed by atoms with van der Waals surface area (Å²) in [4.78, 5) is 11.3. The van der Waals surface area contributed by atoms with Gasteiger partial charge in [0.2, 0.25) is 0 Å². The molecule has 3 heterocycles. The van der Waals surface area contributed by atoms with Crippen LogP contribution >= 0.6 is 0 Å². The Morgan fingerprint density at radius 2 is 2.37 bits per heavy atom. The van der Waals surface area contributed by atoms with Crippen LogP contribution in [0.1, 0.15) is 25.3 Å². The first kappa shape index (κ1) is 11.5. The number of aliphatic hydroxyl groups is 1. The molecule has 1 aromatic rings. The van der Waals surface area contributed by atoms with Gasteiger partial charge >= 0.3 is 5.63 Å². The van der Waals surface area contributed by atoms with E-state index in [0.717, 1.165) is 18.4 Å². The predicted molar refractivity (Wildman–Crippen MR) is 64.9 cm³/mol. The van der Waals surface area contributed by atoms with E-state index in [1.54, 1.807) is 0 Å². The third kappa shape index (κ3) is 1.34. The molecule has 5 heteroatoms. The average Bonchev–Trinajstić information content (AvgIpc) is 2.87. The molecule has 3 aliphatic rings. The molecule has 1 N–H and O–H groups in total. The third-order valence-corrected chi connectivity index (χ3v) is 4.85. The molecule has 0 aromatic carbocycles. The summed E-state index contributed by atoms with van der Waals surface area (Å²) in [5.41, 5.74) is 0.0543. The lowest BCUT2D eigenvalue weighted by Crippen LogP contribution is -2.48. The first-order chi connectivity index (χ1) is 9.06. The molecule has 2 bridgehead atoms. The van der Waals surface area contributed by atoms with Crippen molar-refractivity contribution in [1.82, 2.24) is 0 Å². The number of fused-ring (bicyclic) bond motifs is 2. The van der Waals surface area contributed by atoms with Crippen molar-refractivity contribution in [2.75, 3.05) is 13.2 Å². The standard InChI is InChI=1S/C14H16O5/c1-13-3-8-11(4-15)19-10-2-12(16)17-5-9(10)14(8,6-13)18-7-13/h2,5,8,11,15H,3-4,6-7H2,1H3/t8-,11-,13+,14+/m1/s1. The topological polar surface area (TPSA) is 68.9 Å². The van der Waals surface area contributed by atoms with E-state index in [-0.39, 0.29) is 24.0 Å². The molecule has 4 rings (SSSR count). The summed E-state index contributed by atoms with van der Waals surface area (Å²) in [6.45, 7) is 2.85. The Labute approximate surface area is 110 Å². The molecule has 0 amide bonds. The van der Waals surface area contributed by atoms with Crippen LogP contribution in [0.15, 0.2) is 21.5 Å². The third-order valence-electron chi connectivity index (χ3n) is 4.85. The molecule has 1 aliphatic carbocycles. The zero-order valence-corrected chi connectivity index (χ0v) is 10.7. The molecule has 0 radical (unpaired) electrons. The monoisotopic (exact) mass is 264 g/mol. The van der Waals surface area contributed by atoms with Crippen molar-refractivity contribution in [2.24, 2.45) is 11.3 Å². The summed E-state index contributed by atoms with van der Waals surface area (Å²) < 4.78 is 16.9. The molecule has 19 heavy (non-hydrogen) atoms. The van der Waals surface area contributed by atoms with Crippen LogP contribution in [0.4, 0.5) is 0 Å². The minimum absolute atomic E-state index is 0.0640. The molecular weight excluding hydrogens is 248 g/mol. The highest BCUT2D eigenvalue weighted by molar-refractivity contribution is 5.41. The van der Waals surface area contributed by atoms with Crippen molar-refractivity contribution in [3.8, 4) is 5.75 Å². The number of aliphatic hydroxyl groups excluding tert-OH is 1. The van der Waals surface area contributed by atoms with Gasteiger partial charge in [-0.2, -0.15) is 0 Å². The first-order valence-corrected chi connectivity index (χ1v) is 6.61. The maximum Gasteiger partial charge on any atom is 0.339 e. The van der Waals surface area contributed by atoms with Gasteiger partial charge < -0.3 is 19.0 Å². The van der Waals surface area contributed by atoms with Crippen molar-refractivity contribution in [3.63, 3.8) is 0 Å². The van der Waals surface area contributed by atoms with Gasteiger partial charge in [0.05, 0.1) is 24.8 Å². The summed E-state index contributed by atoms with van der Waals surface area (Å²) in [6, 6.07) is 1.35. The number of ether oxygens (including phenoxy) is 2. The molecule has 1 spiro atoms. The molecule has 1 saturated heterocycles. The second kappa shape index (κ2) is 3.41. The van der Waals surface area contributed by atoms with Crippen LogP contribution in [-0.4, -0.2) is 24.4 Å². The van der Waals surface area contributed by atoms with Gasteiger partial charge in [-0.25, -0.2) is 4.79 Å². The van der Waals surface area contributed by atoms with E-state index in [9.17, 15) is 9.90 Å². The van der Waals surface area contributed by atoms with Gasteiger partial charge in [0.25, 0.3) is 0 Å². The molecule has 5 nitrogen and oxygen atoms in total. The molecule has 2 fully saturated rings. The van der Waals surface area contributed by atoms with E-state index >= 15 is 0 Å². The highest BCUT2D eigenvalue weighted by Gasteiger charge is 2.65. The van der Waals surface area contributed by atoms with E-state index in [1.807, 2.05) is 0 Å². The first-order valence-electron chi connectivity index (χ1n) is 6.61. The van der Waals surface area contributed by atoms with E-state index in [0.29, 0.717) is 12.4 Å². The van der Waals surface area contributed by atoms with Gasteiger partial charge in [-0.1, -0.05) is 6.92 Å². The highest BCUT2D eigenvalue weighted by Crippen LogP contribution is 2.64. The lowest BCUT2D eigenvalue weighted by molar-refractivity contribution is -0.131. The normalized spacial score (nSPS) is 42.6. The maximum absolute atomic E-state index is 11.3.